The Morgan fingerprint density at radius 1 is 1.22 bits per heavy atom. The Kier molecular flexibility index (Phi) is 7.36. The van der Waals surface area contributed by atoms with Crippen molar-refractivity contribution in [3.8, 4) is 0 Å². The first-order chi connectivity index (χ1) is 12.9. The molecule has 0 saturated carbocycles. The van der Waals surface area contributed by atoms with Gasteiger partial charge < -0.3 is 24.5 Å². The van der Waals surface area contributed by atoms with Gasteiger partial charge in [0.25, 0.3) is 0 Å². The first-order valence-corrected chi connectivity index (χ1v) is 9.46. The highest BCUT2D eigenvalue weighted by atomic mass is 19.1. The van der Waals surface area contributed by atoms with Gasteiger partial charge in [0.2, 0.25) is 0 Å². The maximum Gasteiger partial charge on any atom is 0.351 e. The van der Waals surface area contributed by atoms with E-state index in [1.54, 1.807) is 17.0 Å². The zero-order chi connectivity index (χ0) is 20.0. The summed E-state index contributed by atoms with van der Waals surface area (Å²) < 4.78 is 16.1. The van der Waals surface area contributed by atoms with Gasteiger partial charge >= 0.3 is 5.97 Å². The number of aryl methyl sites for hydroxylation is 1. The third-order valence-electron chi connectivity index (χ3n) is 5.20. The van der Waals surface area contributed by atoms with Crippen LogP contribution in [0.4, 0.5) is 4.39 Å². The highest BCUT2D eigenvalue weighted by Crippen LogP contribution is 2.32. The van der Waals surface area contributed by atoms with E-state index in [4.69, 9.17) is 19.8 Å². The molecule has 1 aliphatic carbocycles. The summed E-state index contributed by atoms with van der Waals surface area (Å²) in [6.45, 7) is 9.04. The molecule has 1 aliphatic rings. The van der Waals surface area contributed by atoms with E-state index in [2.05, 4.69) is 18.4 Å². The van der Waals surface area contributed by atoms with Gasteiger partial charge in [-0.1, -0.05) is 0 Å². The lowest BCUT2D eigenvalue weighted by Crippen LogP contribution is -3.11. The summed E-state index contributed by atoms with van der Waals surface area (Å²) in [5, 5.41) is 17.5. The van der Waals surface area contributed by atoms with Crippen molar-refractivity contribution in [3.63, 3.8) is 0 Å². The number of carbonyl (C=O) groups is 2. The van der Waals surface area contributed by atoms with Crippen LogP contribution in [0.2, 0.25) is 0 Å². The quantitative estimate of drug-likeness (QED) is 0.738. The fourth-order valence-corrected chi connectivity index (χ4v) is 3.74. The van der Waals surface area contributed by atoms with E-state index in [9.17, 15) is 4.39 Å². The van der Waals surface area contributed by atoms with Crippen LogP contribution in [0.1, 0.15) is 37.9 Å². The van der Waals surface area contributed by atoms with Crippen molar-refractivity contribution in [2.45, 2.75) is 46.1 Å². The Morgan fingerprint density at radius 2 is 1.85 bits per heavy atom. The second kappa shape index (κ2) is 9.50. The average molecular weight is 378 g/mol. The summed E-state index contributed by atoms with van der Waals surface area (Å²) in [5.41, 5.74) is 4.11. The Labute approximate surface area is 158 Å². The summed E-state index contributed by atoms with van der Waals surface area (Å²) in [4.78, 5) is 19.7. The van der Waals surface area contributed by atoms with E-state index < -0.39 is 11.9 Å². The molecule has 6 nitrogen and oxygen atoms in total. The molecule has 3 rings (SSSR count). The van der Waals surface area contributed by atoms with Gasteiger partial charge in [0.05, 0.1) is 26.2 Å². The van der Waals surface area contributed by atoms with Gasteiger partial charge in [-0.25, -0.2) is 9.18 Å². The molecule has 0 atom stereocenters. The molecular weight excluding hydrogens is 351 g/mol. The maximum absolute atomic E-state index is 13.6. The van der Waals surface area contributed by atoms with Gasteiger partial charge in [-0.15, -0.1) is 0 Å². The standard InChI is InChI=1S/C18H25FN2.C2H2O4/c1-3-20(4-2)11-12-21-17-8-6-5-7-15(17)16-13-14(19)9-10-18(16)21;3-1(4)2(5)6/h9-10,13H,3-8,11-12H2,1-2H3;(H,3,4)(H,5,6). The Morgan fingerprint density at radius 3 is 2.44 bits per heavy atom. The van der Waals surface area contributed by atoms with Crippen LogP contribution in [-0.2, 0) is 29.0 Å². The van der Waals surface area contributed by atoms with Crippen molar-refractivity contribution >= 4 is 22.8 Å². The van der Waals surface area contributed by atoms with Crippen LogP contribution in [-0.4, -0.2) is 41.2 Å². The molecule has 1 aromatic heterocycles. The first-order valence-electron chi connectivity index (χ1n) is 9.46. The molecule has 148 valence electrons. The molecule has 0 amide bonds. The number of fused-ring (bicyclic) bond motifs is 3. The zero-order valence-corrected chi connectivity index (χ0v) is 15.9. The SMILES string of the molecule is CC[NH+](CC)CCn1c2c(c3cc(F)ccc31)CCCC2.O=C([O-])C(=O)O. The molecule has 2 N–H and O–H groups in total. The van der Waals surface area contributed by atoms with Crippen molar-refractivity contribution in [2.75, 3.05) is 19.6 Å². The minimum atomic E-state index is -2.07. The van der Waals surface area contributed by atoms with E-state index in [0.717, 1.165) is 31.3 Å². The molecule has 0 radical (unpaired) electrons. The molecule has 0 fully saturated rings. The summed E-state index contributed by atoms with van der Waals surface area (Å²) in [6.07, 6.45) is 4.77. The number of aromatic nitrogens is 1. The number of benzene rings is 1. The number of nitrogens with zero attached hydrogens (tertiary/aromatic N) is 1. The van der Waals surface area contributed by atoms with E-state index in [0.29, 0.717) is 0 Å². The van der Waals surface area contributed by atoms with Crippen molar-refractivity contribution in [2.24, 2.45) is 0 Å². The number of nitrogens with one attached hydrogen (secondary N) is 1. The molecule has 27 heavy (non-hydrogen) atoms. The number of likely N-dealkylation sites (N-methyl/N-ethyl adjacent to an activating group) is 1. The lowest BCUT2D eigenvalue weighted by Gasteiger charge is -2.19. The number of rotatable bonds is 5. The largest absolute Gasteiger partial charge is 0.539 e. The summed E-state index contributed by atoms with van der Waals surface area (Å²) in [7, 11) is 0. The number of carbonyl (C=O) groups excluding carboxylic acids is 1. The van der Waals surface area contributed by atoms with E-state index in [-0.39, 0.29) is 5.82 Å². The summed E-state index contributed by atoms with van der Waals surface area (Å²) in [6, 6.07) is 5.31. The molecule has 1 heterocycles. The highest BCUT2D eigenvalue weighted by Gasteiger charge is 2.20. The molecule has 7 heteroatoms. The Balaban J connectivity index is 0.000000380. The number of carboxylic acid groups (broad SMARTS) is 2. The van der Waals surface area contributed by atoms with Crippen molar-refractivity contribution in [1.82, 2.24) is 4.57 Å². The summed E-state index contributed by atoms with van der Waals surface area (Å²) in [5.74, 6) is -4.12. The van der Waals surface area contributed by atoms with Crippen LogP contribution in [0, 0.1) is 5.82 Å². The van der Waals surface area contributed by atoms with Gasteiger partial charge in [-0.2, -0.15) is 0 Å². The number of quaternary nitrogens is 1. The molecule has 2 aromatic rings. The molecule has 0 bridgehead atoms. The number of aliphatic carboxylic acids is 2. The van der Waals surface area contributed by atoms with Crippen LogP contribution >= 0.6 is 0 Å². The third-order valence-corrected chi connectivity index (χ3v) is 5.20. The van der Waals surface area contributed by atoms with Gasteiger partial charge in [0, 0.05) is 16.6 Å². The summed E-state index contributed by atoms with van der Waals surface area (Å²) >= 11 is 0. The normalized spacial score (nSPS) is 13.2. The molecule has 1 aromatic carbocycles. The topological polar surface area (TPSA) is 86.8 Å². The molecule has 0 aliphatic heterocycles. The van der Waals surface area contributed by atoms with Crippen molar-refractivity contribution in [3.05, 3.63) is 35.3 Å². The van der Waals surface area contributed by atoms with E-state index >= 15 is 0 Å². The van der Waals surface area contributed by atoms with Gasteiger partial charge in [-0.3, -0.25) is 0 Å². The number of hydrogen-bond acceptors (Lipinski definition) is 3. The smallest absolute Gasteiger partial charge is 0.351 e. The van der Waals surface area contributed by atoms with Gasteiger partial charge in [0.15, 0.2) is 5.97 Å². The molecular formula is C20H27FN2O4. The number of halogens is 1. The zero-order valence-electron chi connectivity index (χ0n) is 15.9. The Bertz CT molecular complexity index is 800. The van der Waals surface area contributed by atoms with Crippen LogP contribution in [0.5, 0.6) is 0 Å². The third kappa shape index (κ3) is 5.07. The fourth-order valence-electron chi connectivity index (χ4n) is 3.74. The van der Waals surface area contributed by atoms with Crippen LogP contribution in [0.15, 0.2) is 18.2 Å². The lowest BCUT2D eigenvalue weighted by atomic mass is 9.95. The Hall–Kier alpha value is -2.41. The van der Waals surface area contributed by atoms with Crippen LogP contribution in [0.3, 0.4) is 0 Å². The second-order valence-corrected chi connectivity index (χ2v) is 6.75. The minimum Gasteiger partial charge on any atom is -0.539 e. The van der Waals surface area contributed by atoms with Crippen molar-refractivity contribution < 1.29 is 29.1 Å². The van der Waals surface area contributed by atoms with Gasteiger partial charge in [-0.05, 0) is 63.3 Å². The number of hydrogen-bond donors (Lipinski definition) is 2. The first kappa shape index (κ1) is 20.9. The predicted molar refractivity (Wildman–Crippen MR) is 98.1 cm³/mol. The molecule has 0 spiro atoms. The average Bonchev–Trinajstić information content (AvgIpc) is 2.96. The lowest BCUT2D eigenvalue weighted by molar-refractivity contribution is -0.897. The highest BCUT2D eigenvalue weighted by molar-refractivity contribution is 6.26. The minimum absolute atomic E-state index is 0.109. The predicted octanol–water partition coefficient (Wildman–Crippen LogP) is 0.405. The van der Waals surface area contributed by atoms with E-state index in [1.807, 2.05) is 6.07 Å². The molecule has 0 saturated heterocycles. The van der Waals surface area contributed by atoms with Crippen LogP contribution in [0.25, 0.3) is 10.9 Å². The second-order valence-electron chi connectivity index (χ2n) is 6.75. The fraction of sp³-hybridized carbons (Fsp3) is 0.500. The molecule has 0 unspecified atom stereocenters. The number of carboxylic acids is 2. The monoisotopic (exact) mass is 378 g/mol. The van der Waals surface area contributed by atoms with Crippen molar-refractivity contribution in [1.29, 1.82) is 0 Å². The van der Waals surface area contributed by atoms with Gasteiger partial charge in [0.1, 0.15) is 5.82 Å². The maximum atomic E-state index is 13.6. The van der Waals surface area contributed by atoms with E-state index in [1.165, 1.54) is 42.7 Å². The van der Waals surface area contributed by atoms with Crippen LogP contribution < -0.4 is 10.0 Å².